The first-order valence-electron chi connectivity index (χ1n) is 5.95. The molecular weight excluding hydrogens is 232 g/mol. The normalized spacial score (nSPS) is 11.4. The Balaban J connectivity index is 3.48. The molecule has 18 heavy (non-hydrogen) atoms. The lowest BCUT2D eigenvalue weighted by molar-refractivity contribution is 0.510. The molecule has 0 spiro atoms. The van der Waals surface area contributed by atoms with Crippen LogP contribution in [0.5, 0.6) is 0 Å². The summed E-state index contributed by atoms with van der Waals surface area (Å²) in [6, 6.07) is 1.24. The molecule has 6 heteroatoms. The smallest absolute Gasteiger partial charge is 0.332 e. The maximum Gasteiger partial charge on any atom is 0.332 e. The molecule has 1 aromatic rings. The monoisotopic (exact) mass is 252 g/mol. The van der Waals surface area contributed by atoms with Crippen LogP contribution in [0.1, 0.15) is 26.8 Å². The quantitative estimate of drug-likeness (QED) is 0.589. The first kappa shape index (κ1) is 14.2. The Labute approximate surface area is 106 Å². The summed E-state index contributed by atoms with van der Waals surface area (Å²) in [5.74, 6) is 0.387. The molecule has 0 atom stereocenters. The minimum atomic E-state index is -0.314. The fourth-order valence-electron chi connectivity index (χ4n) is 1.63. The van der Waals surface area contributed by atoms with Gasteiger partial charge in [0.1, 0.15) is 5.82 Å². The number of rotatable bonds is 4. The second kappa shape index (κ2) is 5.66. The summed E-state index contributed by atoms with van der Waals surface area (Å²) >= 11 is 0. The van der Waals surface area contributed by atoms with Crippen LogP contribution in [-0.4, -0.2) is 34.5 Å². The van der Waals surface area contributed by atoms with Crippen LogP contribution < -0.4 is 11.2 Å². The van der Waals surface area contributed by atoms with Crippen molar-refractivity contribution >= 4 is 12.2 Å². The highest BCUT2D eigenvalue weighted by Crippen LogP contribution is 2.07. The summed E-state index contributed by atoms with van der Waals surface area (Å²) in [6.45, 7) is 5.95. The van der Waals surface area contributed by atoms with Crippen molar-refractivity contribution in [3.8, 4) is 0 Å². The van der Waals surface area contributed by atoms with Crippen molar-refractivity contribution in [2.75, 3.05) is 14.1 Å². The van der Waals surface area contributed by atoms with Crippen molar-refractivity contribution < 1.29 is 0 Å². The van der Waals surface area contributed by atoms with Crippen LogP contribution in [0.4, 0.5) is 5.82 Å². The highest BCUT2D eigenvalue weighted by molar-refractivity contribution is 5.58. The van der Waals surface area contributed by atoms with Gasteiger partial charge in [0, 0.05) is 32.7 Å². The summed E-state index contributed by atoms with van der Waals surface area (Å²) < 4.78 is 2.72. The molecule has 6 nitrogen and oxygen atoms in total. The van der Waals surface area contributed by atoms with E-state index in [0.717, 1.165) is 0 Å². The van der Waals surface area contributed by atoms with E-state index in [4.69, 9.17) is 0 Å². The van der Waals surface area contributed by atoms with Crippen molar-refractivity contribution in [1.29, 1.82) is 0 Å². The van der Waals surface area contributed by atoms with E-state index >= 15 is 0 Å². The van der Waals surface area contributed by atoms with Gasteiger partial charge < -0.3 is 4.90 Å². The van der Waals surface area contributed by atoms with E-state index in [1.165, 1.54) is 15.2 Å². The van der Waals surface area contributed by atoms with E-state index in [9.17, 15) is 9.59 Å². The highest BCUT2D eigenvalue weighted by Gasteiger charge is 2.11. The third-order valence-electron chi connectivity index (χ3n) is 2.46. The summed E-state index contributed by atoms with van der Waals surface area (Å²) in [5, 5.41) is 0. The van der Waals surface area contributed by atoms with Gasteiger partial charge in [-0.25, -0.2) is 9.79 Å². The zero-order valence-corrected chi connectivity index (χ0v) is 11.5. The third kappa shape index (κ3) is 2.88. The fourth-order valence-corrected chi connectivity index (χ4v) is 1.63. The molecule has 0 saturated carbocycles. The van der Waals surface area contributed by atoms with Crippen molar-refractivity contribution in [2.24, 2.45) is 4.99 Å². The summed E-state index contributed by atoms with van der Waals surface area (Å²) in [7, 11) is 3.65. The van der Waals surface area contributed by atoms with Crippen molar-refractivity contribution in [3.63, 3.8) is 0 Å². The minimum Gasteiger partial charge on any atom is -0.369 e. The first-order chi connectivity index (χ1) is 8.38. The van der Waals surface area contributed by atoms with Crippen LogP contribution in [0.15, 0.2) is 20.6 Å². The lowest BCUT2D eigenvalue weighted by Gasteiger charge is -2.13. The zero-order chi connectivity index (χ0) is 13.9. The Morgan fingerprint density at radius 3 is 2.44 bits per heavy atom. The Morgan fingerprint density at radius 1 is 1.39 bits per heavy atom. The van der Waals surface area contributed by atoms with Gasteiger partial charge in [-0.1, -0.05) is 0 Å². The lowest BCUT2D eigenvalue weighted by Crippen LogP contribution is -2.40. The van der Waals surface area contributed by atoms with Crippen molar-refractivity contribution in [3.05, 3.63) is 26.9 Å². The Hall–Kier alpha value is -1.85. The van der Waals surface area contributed by atoms with Crippen LogP contribution in [0.3, 0.4) is 0 Å². The predicted molar refractivity (Wildman–Crippen MR) is 72.9 cm³/mol. The maximum absolute atomic E-state index is 12.2. The maximum atomic E-state index is 12.2. The van der Waals surface area contributed by atoms with Gasteiger partial charge in [-0.05, 0) is 20.8 Å². The molecule has 0 aromatic carbocycles. The Morgan fingerprint density at radius 2 is 2.00 bits per heavy atom. The van der Waals surface area contributed by atoms with Gasteiger partial charge in [0.25, 0.3) is 5.56 Å². The molecule has 1 rings (SSSR count). The Bertz CT molecular complexity index is 552. The van der Waals surface area contributed by atoms with Crippen LogP contribution in [0.2, 0.25) is 0 Å². The van der Waals surface area contributed by atoms with Gasteiger partial charge in [0.2, 0.25) is 0 Å². The highest BCUT2D eigenvalue weighted by atomic mass is 16.2. The molecule has 0 fully saturated rings. The zero-order valence-electron chi connectivity index (χ0n) is 11.5. The molecule has 0 amide bonds. The molecule has 0 aliphatic carbocycles. The topological polar surface area (TPSA) is 59.6 Å². The molecule has 0 N–H and O–H groups in total. The lowest BCUT2D eigenvalue weighted by atomic mass is 10.4. The second-order valence-electron chi connectivity index (χ2n) is 4.54. The number of hydrogen-bond donors (Lipinski definition) is 0. The molecule has 1 aromatic heterocycles. The standard InChI is InChI=1S/C12H20N4O2/c1-6-15-10(13-8-14(4)5)7-11(17)16(9(2)3)12(15)18/h7-9H,6H2,1-5H3. The summed E-state index contributed by atoms with van der Waals surface area (Å²) in [5.41, 5.74) is -0.628. The SMILES string of the molecule is CCn1c(N=CN(C)C)cc(=O)n(C(C)C)c1=O. The number of hydrogen-bond acceptors (Lipinski definition) is 3. The number of nitrogens with zero attached hydrogens (tertiary/aromatic N) is 4. The van der Waals surface area contributed by atoms with Gasteiger partial charge in [0.05, 0.1) is 6.34 Å². The molecule has 0 aliphatic rings. The average molecular weight is 252 g/mol. The van der Waals surface area contributed by atoms with Crippen LogP contribution in [0, 0.1) is 0 Å². The van der Waals surface area contributed by atoms with Gasteiger partial charge in [-0.15, -0.1) is 0 Å². The van der Waals surface area contributed by atoms with E-state index < -0.39 is 0 Å². The van der Waals surface area contributed by atoms with Crippen LogP contribution >= 0.6 is 0 Å². The van der Waals surface area contributed by atoms with Crippen molar-refractivity contribution in [1.82, 2.24) is 14.0 Å². The van der Waals surface area contributed by atoms with E-state index in [2.05, 4.69) is 4.99 Å². The van der Waals surface area contributed by atoms with Crippen LogP contribution in [0.25, 0.3) is 0 Å². The van der Waals surface area contributed by atoms with E-state index in [1.54, 1.807) is 11.2 Å². The second-order valence-corrected chi connectivity index (χ2v) is 4.54. The van der Waals surface area contributed by atoms with Gasteiger partial charge >= 0.3 is 5.69 Å². The Kier molecular flexibility index (Phi) is 4.47. The number of aromatic nitrogens is 2. The number of aliphatic imine (C=N–C) groups is 1. The van der Waals surface area contributed by atoms with Gasteiger partial charge in [0.15, 0.2) is 0 Å². The predicted octanol–water partition coefficient (Wildman–Crippen LogP) is 0.832. The van der Waals surface area contributed by atoms with E-state index in [-0.39, 0.29) is 17.3 Å². The van der Waals surface area contributed by atoms with Crippen LogP contribution in [-0.2, 0) is 6.54 Å². The molecule has 0 radical (unpaired) electrons. The van der Waals surface area contributed by atoms with Crippen molar-refractivity contribution in [2.45, 2.75) is 33.4 Å². The third-order valence-corrected chi connectivity index (χ3v) is 2.46. The molecule has 100 valence electrons. The fraction of sp³-hybridized carbons (Fsp3) is 0.583. The van der Waals surface area contributed by atoms with Gasteiger partial charge in [-0.2, -0.15) is 0 Å². The largest absolute Gasteiger partial charge is 0.369 e. The molecule has 1 heterocycles. The first-order valence-corrected chi connectivity index (χ1v) is 5.95. The summed E-state index contributed by atoms with van der Waals surface area (Å²) in [4.78, 5) is 29.9. The molecule has 0 saturated heterocycles. The van der Waals surface area contributed by atoms with E-state index in [1.807, 2.05) is 34.9 Å². The van der Waals surface area contributed by atoms with E-state index in [0.29, 0.717) is 12.4 Å². The molecule has 0 aliphatic heterocycles. The summed E-state index contributed by atoms with van der Waals surface area (Å²) in [6.07, 6.45) is 1.57. The molecule has 0 bridgehead atoms. The molecular formula is C12H20N4O2. The minimum absolute atomic E-state index is 0.158. The van der Waals surface area contributed by atoms with Gasteiger partial charge in [-0.3, -0.25) is 13.9 Å². The molecule has 0 unspecified atom stereocenters. The average Bonchev–Trinajstić information content (AvgIpc) is 2.25.